The van der Waals surface area contributed by atoms with E-state index in [4.69, 9.17) is 0 Å². The van der Waals surface area contributed by atoms with E-state index >= 15 is 0 Å². The lowest BCUT2D eigenvalue weighted by Gasteiger charge is -2.23. The van der Waals surface area contributed by atoms with E-state index < -0.39 is 0 Å². The minimum Gasteiger partial charge on any atom is -0.339 e. The lowest BCUT2D eigenvalue weighted by atomic mass is 10.2. The van der Waals surface area contributed by atoms with Gasteiger partial charge in [-0.3, -0.25) is 4.79 Å². The number of rotatable bonds is 4. The number of amides is 1. The van der Waals surface area contributed by atoms with Gasteiger partial charge in [0.25, 0.3) is 0 Å². The SMILES string of the molecule is O=C1CSC(c2cnc(-c3ccccc3)[nH]2)N1Cc1ccccc1F. The zero-order valence-electron chi connectivity index (χ0n) is 13.4. The van der Waals surface area contributed by atoms with Crippen molar-refractivity contribution in [3.05, 3.63) is 77.9 Å². The van der Waals surface area contributed by atoms with Crippen LogP contribution in [-0.2, 0) is 11.3 Å². The van der Waals surface area contributed by atoms with E-state index in [1.807, 2.05) is 30.3 Å². The molecule has 2 aromatic carbocycles. The summed E-state index contributed by atoms with van der Waals surface area (Å²) in [5.41, 5.74) is 2.36. The molecule has 0 radical (unpaired) electrons. The molecule has 4 rings (SSSR count). The number of H-pyrrole nitrogens is 1. The number of halogens is 1. The highest BCUT2D eigenvalue weighted by Crippen LogP contribution is 2.39. The van der Waals surface area contributed by atoms with Gasteiger partial charge in [-0.25, -0.2) is 9.37 Å². The second-order valence-electron chi connectivity index (χ2n) is 5.83. The van der Waals surface area contributed by atoms with Crippen LogP contribution in [0.5, 0.6) is 0 Å². The van der Waals surface area contributed by atoms with Gasteiger partial charge < -0.3 is 9.88 Å². The van der Waals surface area contributed by atoms with Crippen LogP contribution in [0.4, 0.5) is 4.39 Å². The maximum absolute atomic E-state index is 14.0. The summed E-state index contributed by atoms with van der Waals surface area (Å²) >= 11 is 1.53. The van der Waals surface area contributed by atoms with Crippen molar-refractivity contribution in [3.8, 4) is 11.4 Å². The van der Waals surface area contributed by atoms with Gasteiger partial charge >= 0.3 is 0 Å². The fraction of sp³-hybridized carbons (Fsp3) is 0.158. The maximum Gasteiger partial charge on any atom is 0.234 e. The Morgan fingerprint density at radius 1 is 1.16 bits per heavy atom. The average Bonchev–Trinajstić information content (AvgIpc) is 3.25. The molecule has 1 amide bonds. The third kappa shape index (κ3) is 3.17. The van der Waals surface area contributed by atoms with E-state index in [0.717, 1.165) is 17.1 Å². The Bertz CT molecular complexity index is 896. The van der Waals surface area contributed by atoms with E-state index in [2.05, 4.69) is 9.97 Å². The summed E-state index contributed by atoms with van der Waals surface area (Å²) < 4.78 is 14.0. The summed E-state index contributed by atoms with van der Waals surface area (Å²) in [6.07, 6.45) is 1.76. The van der Waals surface area contributed by atoms with Crippen LogP contribution in [-0.4, -0.2) is 26.5 Å². The van der Waals surface area contributed by atoms with Crippen LogP contribution >= 0.6 is 11.8 Å². The van der Waals surface area contributed by atoms with Gasteiger partial charge in [0, 0.05) is 11.1 Å². The third-order valence-electron chi connectivity index (χ3n) is 4.18. The molecule has 1 aliphatic heterocycles. The first-order valence-corrected chi connectivity index (χ1v) is 9.02. The predicted octanol–water partition coefficient (Wildman–Crippen LogP) is 3.99. The topological polar surface area (TPSA) is 49.0 Å². The number of nitrogens with one attached hydrogen (secondary N) is 1. The Morgan fingerprint density at radius 3 is 2.72 bits per heavy atom. The molecule has 25 heavy (non-hydrogen) atoms. The third-order valence-corrected chi connectivity index (χ3v) is 5.41. The molecule has 1 aromatic heterocycles. The van der Waals surface area contributed by atoms with Crippen molar-refractivity contribution >= 4 is 17.7 Å². The van der Waals surface area contributed by atoms with Crippen molar-refractivity contribution in [1.82, 2.24) is 14.9 Å². The van der Waals surface area contributed by atoms with E-state index in [1.54, 1.807) is 29.3 Å². The van der Waals surface area contributed by atoms with Crippen LogP contribution in [0.1, 0.15) is 16.6 Å². The van der Waals surface area contributed by atoms with Crippen molar-refractivity contribution < 1.29 is 9.18 Å². The van der Waals surface area contributed by atoms with Gasteiger partial charge in [0.15, 0.2) is 0 Å². The number of hydrogen-bond donors (Lipinski definition) is 1. The van der Waals surface area contributed by atoms with Crippen LogP contribution < -0.4 is 0 Å². The zero-order chi connectivity index (χ0) is 17.2. The number of thioether (sulfide) groups is 1. The number of aromatic amines is 1. The molecular weight excluding hydrogens is 337 g/mol. The summed E-state index contributed by atoms with van der Waals surface area (Å²) in [6, 6.07) is 16.4. The fourth-order valence-corrected chi connectivity index (χ4v) is 4.03. The predicted molar refractivity (Wildman–Crippen MR) is 96.2 cm³/mol. The Morgan fingerprint density at radius 2 is 1.92 bits per heavy atom. The van der Waals surface area contributed by atoms with Gasteiger partial charge in [0.2, 0.25) is 5.91 Å². The Hall–Kier alpha value is -2.60. The quantitative estimate of drug-likeness (QED) is 0.771. The summed E-state index contributed by atoms with van der Waals surface area (Å²) in [5, 5.41) is -0.183. The lowest BCUT2D eigenvalue weighted by Crippen LogP contribution is -2.28. The smallest absolute Gasteiger partial charge is 0.234 e. The molecular formula is C19H16FN3OS. The molecule has 4 nitrogen and oxygen atoms in total. The molecule has 2 heterocycles. The van der Waals surface area contributed by atoms with Gasteiger partial charge in [0.05, 0.1) is 24.2 Å². The number of carbonyl (C=O) groups is 1. The molecule has 0 aliphatic carbocycles. The van der Waals surface area contributed by atoms with Crippen molar-refractivity contribution in [3.63, 3.8) is 0 Å². The summed E-state index contributed by atoms with van der Waals surface area (Å²) in [6.45, 7) is 0.253. The Kier molecular flexibility index (Phi) is 4.28. The molecule has 3 aromatic rings. The van der Waals surface area contributed by atoms with E-state index in [-0.39, 0.29) is 23.6 Å². The second kappa shape index (κ2) is 6.72. The van der Waals surface area contributed by atoms with Crippen molar-refractivity contribution in [2.24, 2.45) is 0 Å². The molecule has 0 spiro atoms. The van der Waals surface area contributed by atoms with E-state index in [1.165, 1.54) is 17.8 Å². The van der Waals surface area contributed by atoms with Gasteiger partial charge in [-0.1, -0.05) is 48.5 Å². The van der Waals surface area contributed by atoms with Gasteiger partial charge in [-0.05, 0) is 6.07 Å². The van der Waals surface area contributed by atoms with Crippen LogP contribution in [0.2, 0.25) is 0 Å². The monoisotopic (exact) mass is 353 g/mol. The van der Waals surface area contributed by atoms with Crippen molar-refractivity contribution in [2.45, 2.75) is 11.9 Å². The van der Waals surface area contributed by atoms with Crippen LogP contribution in [0, 0.1) is 5.82 Å². The molecule has 1 fully saturated rings. The molecule has 6 heteroatoms. The molecule has 1 aliphatic rings. The Balaban J connectivity index is 1.60. The second-order valence-corrected chi connectivity index (χ2v) is 6.90. The van der Waals surface area contributed by atoms with Gasteiger partial charge in [-0.2, -0.15) is 0 Å². The van der Waals surface area contributed by atoms with Crippen LogP contribution in [0.25, 0.3) is 11.4 Å². The molecule has 1 N–H and O–H groups in total. The maximum atomic E-state index is 14.0. The van der Waals surface area contributed by atoms with E-state index in [9.17, 15) is 9.18 Å². The molecule has 0 saturated carbocycles. The number of hydrogen-bond acceptors (Lipinski definition) is 3. The molecule has 1 atom stereocenters. The number of benzene rings is 2. The first kappa shape index (κ1) is 15.9. The average molecular weight is 353 g/mol. The highest BCUT2D eigenvalue weighted by Gasteiger charge is 2.34. The number of carbonyl (C=O) groups excluding carboxylic acids is 1. The fourth-order valence-electron chi connectivity index (χ4n) is 2.90. The summed E-state index contributed by atoms with van der Waals surface area (Å²) in [4.78, 5) is 21.7. The largest absolute Gasteiger partial charge is 0.339 e. The first-order chi connectivity index (χ1) is 12.2. The lowest BCUT2D eigenvalue weighted by molar-refractivity contribution is -0.128. The number of aromatic nitrogens is 2. The highest BCUT2D eigenvalue weighted by molar-refractivity contribution is 8.00. The number of imidazole rings is 1. The molecule has 0 bridgehead atoms. The summed E-state index contributed by atoms with van der Waals surface area (Å²) in [5.74, 6) is 0.870. The molecule has 1 unspecified atom stereocenters. The van der Waals surface area contributed by atoms with Crippen LogP contribution in [0.3, 0.4) is 0 Å². The minimum absolute atomic E-state index is 0.00844. The normalized spacial score (nSPS) is 17.2. The van der Waals surface area contributed by atoms with E-state index in [0.29, 0.717) is 11.3 Å². The summed E-state index contributed by atoms with van der Waals surface area (Å²) in [7, 11) is 0. The van der Waals surface area contributed by atoms with Gasteiger partial charge in [0.1, 0.15) is 17.0 Å². The van der Waals surface area contributed by atoms with Crippen molar-refractivity contribution in [1.29, 1.82) is 0 Å². The Labute approximate surface area is 149 Å². The number of nitrogens with zero attached hydrogens (tertiary/aromatic N) is 2. The standard InChI is InChI=1S/C19H16FN3OS/c20-15-9-5-4-8-14(15)11-23-17(24)12-25-19(23)16-10-21-18(22-16)13-6-2-1-3-7-13/h1-10,19H,11-12H2,(H,21,22). The minimum atomic E-state index is -0.291. The van der Waals surface area contributed by atoms with Crippen LogP contribution in [0.15, 0.2) is 60.8 Å². The molecule has 126 valence electrons. The molecule has 1 saturated heterocycles. The zero-order valence-corrected chi connectivity index (χ0v) is 14.2. The first-order valence-electron chi connectivity index (χ1n) is 7.97. The van der Waals surface area contributed by atoms with Gasteiger partial charge in [-0.15, -0.1) is 11.8 Å². The van der Waals surface area contributed by atoms with Crippen molar-refractivity contribution in [2.75, 3.05) is 5.75 Å². The highest BCUT2D eigenvalue weighted by atomic mass is 32.2.